The Morgan fingerprint density at radius 2 is 1.36 bits per heavy atom. The number of benzene rings is 3. The molecule has 0 saturated heterocycles. The molecule has 0 N–H and O–H groups in total. The van der Waals surface area contributed by atoms with Crippen LogP contribution in [0.3, 0.4) is 0 Å². The fraction of sp³-hybridized carbons (Fsp3) is 0.323. The molecule has 36 heavy (non-hydrogen) atoms. The maximum atomic E-state index is 12.2. The quantitative estimate of drug-likeness (QED) is 0.129. The van der Waals surface area contributed by atoms with Gasteiger partial charge in [0, 0.05) is 6.61 Å². The standard InChI is InChI=1S/C31H36O5/c1-24(31(32)36-25(2)26-11-7-6-8-12-26)23-34-21-9-4-5-10-22-35-30-19-15-28(16-20-30)27-13-17-29(33-3)18-14-27/h6-8,11-20,25H,1,4-5,9-10,21-23H2,2-3H3. The first-order chi connectivity index (χ1) is 17.6. The van der Waals surface area contributed by atoms with Gasteiger partial charge in [-0.25, -0.2) is 4.79 Å². The molecule has 3 rings (SSSR count). The molecule has 0 aliphatic carbocycles. The lowest BCUT2D eigenvalue weighted by Gasteiger charge is -2.14. The van der Waals surface area contributed by atoms with Gasteiger partial charge < -0.3 is 18.9 Å². The molecule has 1 unspecified atom stereocenters. The topological polar surface area (TPSA) is 54.0 Å². The molecular formula is C31H36O5. The smallest absolute Gasteiger partial charge is 0.336 e. The summed E-state index contributed by atoms with van der Waals surface area (Å²) in [5, 5.41) is 0. The van der Waals surface area contributed by atoms with Crippen molar-refractivity contribution < 1.29 is 23.7 Å². The Kier molecular flexibility index (Phi) is 11.1. The van der Waals surface area contributed by atoms with E-state index in [0.29, 0.717) is 18.8 Å². The predicted octanol–water partition coefficient (Wildman–Crippen LogP) is 7.18. The van der Waals surface area contributed by atoms with E-state index < -0.39 is 5.97 Å². The second-order valence-corrected chi connectivity index (χ2v) is 8.63. The number of methoxy groups -OCH3 is 1. The summed E-state index contributed by atoms with van der Waals surface area (Å²) in [6.45, 7) is 7.11. The minimum atomic E-state index is -0.416. The summed E-state index contributed by atoms with van der Waals surface area (Å²) >= 11 is 0. The van der Waals surface area contributed by atoms with E-state index in [1.165, 1.54) is 0 Å². The van der Waals surface area contributed by atoms with Gasteiger partial charge in [0.15, 0.2) is 0 Å². The van der Waals surface area contributed by atoms with E-state index in [-0.39, 0.29) is 12.7 Å². The zero-order chi connectivity index (χ0) is 25.6. The first-order valence-corrected chi connectivity index (χ1v) is 12.5. The van der Waals surface area contributed by atoms with Crippen molar-refractivity contribution in [1.29, 1.82) is 0 Å². The molecule has 3 aromatic rings. The highest BCUT2D eigenvalue weighted by atomic mass is 16.5. The second-order valence-electron chi connectivity index (χ2n) is 8.63. The van der Waals surface area contributed by atoms with Crippen LogP contribution < -0.4 is 9.47 Å². The van der Waals surface area contributed by atoms with Crippen LogP contribution in [-0.2, 0) is 14.3 Å². The van der Waals surface area contributed by atoms with Crippen molar-refractivity contribution in [3.05, 3.63) is 96.6 Å². The lowest BCUT2D eigenvalue weighted by atomic mass is 10.1. The zero-order valence-corrected chi connectivity index (χ0v) is 21.3. The number of ether oxygens (including phenoxy) is 4. The predicted molar refractivity (Wildman–Crippen MR) is 143 cm³/mol. The summed E-state index contributed by atoms with van der Waals surface area (Å²) < 4.78 is 22.1. The third-order valence-electron chi connectivity index (χ3n) is 5.85. The fourth-order valence-electron chi connectivity index (χ4n) is 3.67. The SMILES string of the molecule is C=C(COCCCCCCOc1ccc(-c2ccc(OC)cc2)cc1)C(=O)OC(C)c1ccccc1. The van der Waals surface area contributed by atoms with Gasteiger partial charge in [0.2, 0.25) is 0 Å². The normalized spacial score (nSPS) is 11.5. The molecule has 3 aromatic carbocycles. The molecule has 0 radical (unpaired) electrons. The van der Waals surface area contributed by atoms with Crippen molar-refractivity contribution in [2.24, 2.45) is 0 Å². The van der Waals surface area contributed by atoms with Gasteiger partial charge in [0.1, 0.15) is 17.6 Å². The lowest BCUT2D eigenvalue weighted by molar-refractivity contribution is -0.144. The molecule has 0 aromatic heterocycles. The van der Waals surface area contributed by atoms with E-state index >= 15 is 0 Å². The average molecular weight is 489 g/mol. The number of carbonyl (C=O) groups is 1. The van der Waals surface area contributed by atoms with E-state index in [0.717, 1.165) is 53.9 Å². The van der Waals surface area contributed by atoms with Gasteiger partial charge in [0.25, 0.3) is 0 Å². The fourth-order valence-corrected chi connectivity index (χ4v) is 3.67. The zero-order valence-electron chi connectivity index (χ0n) is 21.3. The molecule has 0 bridgehead atoms. The van der Waals surface area contributed by atoms with Crippen molar-refractivity contribution in [1.82, 2.24) is 0 Å². The summed E-state index contributed by atoms with van der Waals surface area (Å²) in [6.07, 6.45) is 3.70. The minimum Gasteiger partial charge on any atom is -0.497 e. The third kappa shape index (κ3) is 8.90. The third-order valence-corrected chi connectivity index (χ3v) is 5.85. The highest BCUT2D eigenvalue weighted by Crippen LogP contribution is 2.24. The van der Waals surface area contributed by atoms with Crippen molar-refractivity contribution in [2.45, 2.75) is 38.7 Å². The molecule has 0 amide bonds. The van der Waals surface area contributed by atoms with Crippen LogP contribution in [0.25, 0.3) is 11.1 Å². The van der Waals surface area contributed by atoms with E-state index in [9.17, 15) is 4.79 Å². The van der Waals surface area contributed by atoms with Crippen molar-refractivity contribution in [3.63, 3.8) is 0 Å². The first-order valence-electron chi connectivity index (χ1n) is 12.5. The second kappa shape index (κ2) is 14.7. The highest BCUT2D eigenvalue weighted by molar-refractivity contribution is 5.88. The average Bonchev–Trinajstić information content (AvgIpc) is 2.92. The van der Waals surface area contributed by atoms with Crippen LogP contribution in [-0.4, -0.2) is 32.9 Å². The molecule has 0 saturated carbocycles. The maximum Gasteiger partial charge on any atom is 0.336 e. The van der Waals surface area contributed by atoms with Crippen LogP contribution in [0.2, 0.25) is 0 Å². The van der Waals surface area contributed by atoms with Gasteiger partial charge in [-0.15, -0.1) is 0 Å². The number of unbranched alkanes of at least 4 members (excludes halogenated alkanes) is 3. The van der Waals surface area contributed by atoms with Crippen LogP contribution in [0, 0.1) is 0 Å². The van der Waals surface area contributed by atoms with E-state index in [2.05, 4.69) is 18.7 Å². The molecule has 1 atom stereocenters. The van der Waals surface area contributed by atoms with Crippen molar-refractivity contribution >= 4 is 5.97 Å². The molecule has 0 aliphatic heterocycles. The van der Waals surface area contributed by atoms with Gasteiger partial charge in [-0.2, -0.15) is 0 Å². The number of hydrogen-bond acceptors (Lipinski definition) is 5. The van der Waals surface area contributed by atoms with Crippen LogP contribution in [0.1, 0.15) is 44.3 Å². The van der Waals surface area contributed by atoms with Gasteiger partial charge in [-0.1, -0.05) is 67.6 Å². The monoisotopic (exact) mass is 488 g/mol. The molecule has 0 aliphatic rings. The van der Waals surface area contributed by atoms with Gasteiger partial charge in [-0.05, 0) is 67.1 Å². The summed E-state index contributed by atoms with van der Waals surface area (Å²) in [5.41, 5.74) is 3.58. The van der Waals surface area contributed by atoms with Crippen molar-refractivity contribution in [3.8, 4) is 22.6 Å². The van der Waals surface area contributed by atoms with Crippen LogP contribution in [0.15, 0.2) is 91.0 Å². The molecule has 0 spiro atoms. The Bertz CT molecular complexity index is 1060. The van der Waals surface area contributed by atoms with Gasteiger partial charge in [0.05, 0.1) is 25.9 Å². The summed E-state index contributed by atoms with van der Waals surface area (Å²) in [6, 6.07) is 25.8. The van der Waals surface area contributed by atoms with Gasteiger partial charge >= 0.3 is 5.97 Å². The van der Waals surface area contributed by atoms with Crippen LogP contribution in [0.5, 0.6) is 11.5 Å². The van der Waals surface area contributed by atoms with E-state index in [4.69, 9.17) is 18.9 Å². The Morgan fingerprint density at radius 1 is 0.778 bits per heavy atom. The van der Waals surface area contributed by atoms with E-state index in [1.807, 2.05) is 73.7 Å². The largest absolute Gasteiger partial charge is 0.497 e. The number of rotatable bonds is 15. The molecule has 190 valence electrons. The summed E-state index contributed by atoms with van der Waals surface area (Å²) in [5.74, 6) is 1.31. The molecule has 5 nitrogen and oxygen atoms in total. The van der Waals surface area contributed by atoms with E-state index in [1.54, 1.807) is 7.11 Å². The van der Waals surface area contributed by atoms with Crippen molar-refractivity contribution in [2.75, 3.05) is 26.9 Å². The Labute approximate surface area is 214 Å². The number of esters is 1. The Hall–Kier alpha value is -3.57. The highest BCUT2D eigenvalue weighted by Gasteiger charge is 2.14. The molecule has 5 heteroatoms. The summed E-state index contributed by atoms with van der Waals surface area (Å²) in [7, 11) is 1.67. The van der Waals surface area contributed by atoms with Crippen LogP contribution in [0.4, 0.5) is 0 Å². The first kappa shape index (κ1) is 27.0. The van der Waals surface area contributed by atoms with Crippen LogP contribution >= 0.6 is 0 Å². The number of hydrogen-bond donors (Lipinski definition) is 0. The molecular weight excluding hydrogens is 452 g/mol. The maximum absolute atomic E-state index is 12.2. The van der Waals surface area contributed by atoms with Gasteiger partial charge in [-0.3, -0.25) is 0 Å². The Morgan fingerprint density at radius 3 is 1.97 bits per heavy atom. The molecule has 0 fully saturated rings. The summed E-state index contributed by atoms with van der Waals surface area (Å²) in [4.78, 5) is 12.2. The Balaban J connectivity index is 1.21. The lowest BCUT2D eigenvalue weighted by Crippen LogP contribution is -2.14. The minimum absolute atomic E-state index is 0.190. The number of carbonyl (C=O) groups excluding carboxylic acids is 1. The molecule has 0 heterocycles.